The summed E-state index contributed by atoms with van der Waals surface area (Å²) in [7, 11) is 0. The van der Waals surface area contributed by atoms with Gasteiger partial charge in [-0.15, -0.1) is 0 Å². The summed E-state index contributed by atoms with van der Waals surface area (Å²) in [5.74, 6) is -0.394. The topological polar surface area (TPSA) is 95.3 Å². The Labute approximate surface area is 204 Å². The fraction of sp³-hybridized carbons (Fsp3) is 0.391. The van der Waals surface area contributed by atoms with Crippen LogP contribution in [0.5, 0.6) is 5.75 Å². The predicted octanol–water partition coefficient (Wildman–Crippen LogP) is 4.68. The monoisotopic (exact) mass is 534 g/mol. The molecule has 0 spiro atoms. The average Bonchev–Trinajstić information content (AvgIpc) is 3.41. The second kappa shape index (κ2) is 9.21. The molecule has 34 heavy (non-hydrogen) atoms. The number of ether oxygens (including phenoxy) is 3. The van der Waals surface area contributed by atoms with Crippen LogP contribution in [-0.4, -0.2) is 45.2 Å². The highest BCUT2D eigenvalue weighted by atomic mass is 79.9. The van der Waals surface area contributed by atoms with E-state index in [1.54, 1.807) is 33.8 Å². The number of hydrogen-bond acceptors (Lipinski definition) is 7. The maximum absolute atomic E-state index is 15.0. The SMILES string of the molecule is CCOC(=O)c1cn2c(N(Cc3c(F)ccc4c3CCO4)C(=O)OC(C)(C)C)ncc(Br)c2n1. The Balaban J connectivity index is 1.85. The van der Waals surface area contributed by atoms with E-state index >= 15 is 0 Å². The van der Waals surface area contributed by atoms with Crippen molar-refractivity contribution in [2.24, 2.45) is 0 Å². The zero-order chi connectivity index (χ0) is 24.6. The van der Waals surface area contributed by atoms with Crippen LogP contribution in [0.3, 0.4) is 0 Å². The van der Waals surface area contributed by atoms with Crippen molar-refractivity contribution >= 4 is 39.6 Å². The van der Waals surface area contributed by atoms with Gasteiger partial charge in [-0.3, -0.25) is 4.40 Å². The van der Waals surface area contributed by atoms with Crippen LogP contribution >= 0.6 is 15.9 Å². The number of esters is 1. The van der Waals surface area contributed by atoms with Crippen molar-refractivity contribution in [3.05, 3.63) is 51.6 Å². The summed E-state index contributed by atoms with van der Waals surface area (Å²) in [5.41, 5.74) is 0.573. The molecule has 0 atom stereocenters. The highest BCUT2D eigenvalue weighted by Crippen LogP contribution is 2.33. The quantitative estimate of drug-likeness (QED) is 0.438. The summed E-state index contributed by atoms with van der Waals surface area (Å²) in [4.78, 5) is 35.5. The molecule has 1 aliphatic heterocycles. The molecular formula is C23H24BrFN4O5. The summed E-state index contributed by atoms with van der Waals surface area (Å²) in [6, 6.07) is 2.89. The van der Waals surface area contributed by atoms with Crippen molar-refractivity contribution in [1.82, 2.24) is 14.4 Å². The Morgan fingerprint density at radius 1 is 1.32 bits per heavy atom. The number of benzene rings is 1. The zero-order valence-corrected chi connectivity index (χ0v) is 20.8. The maximum atomic E-state index is 15.0. The summed E-state index contributed by atoms with van der Waals surface area (Å²) >= 11 is 3.38. The summed E-state index contributed by atoms with van der Waals surface area (Å²) in [6.45, 7) is 7.35. The zero-order valence-electron chi connectivity index (χ0n) is 19.2. The fourth-order valence-electron chi connectivity index (χ4n) is 3.62. The maximum Gasteiger partial charge on any atom is 0.417 e. The molecular weight excluding hydrogens is 511 g/mol. The molecule has 0 unspecified atom stereocenters. The number of carbonyl (C=O) groups excluding carboxylic acids is 2. The van der Waals surface area contributed by atoms with Crippen LogP contribution in [0.15, 0.2) is 29.0 Å². The third kappa shape index (κ3) is 4.70. The molecule has 0 fully saturated rings. The number of halogens is 2. The van der Waals surface area contributed by atoms with Crippen LogP contribution in [0, 0.1) is 5.82 Å². The molecule has 4 rings (SSSR count). The molecule has 0 aliphatic carbocycles. The Kier molecular flexibility index (Phi) is 6.48. The largest absolute Gasteiger partial charge is 0.493 e. The van der Waals surface area contributed by atoms with Crippen LogP contribution in [0.4, 0.5) is 15.1 Å². The summed E-state index contributed by atoms with van der Waals surface area (Å²) in [5, 5.41) is 0. The van der Waals surface area contributed by atoms with Crippen molar-refractivity contribution < 1.29 is 28.2 Å². The van der Waals surface area contributed by atoms with E-state index in [2.05, 4.69) is 25.9 Å². The van der Waals surface area contributed by atoms with Gasteiger partial charge in [0.25, 0.3) is 0 Å². The minimum Gasteiger partial charge on any atom is -0.493 e. The Morgan fingerprint density at radius 2 is 2.09 bits per heavy atom. The van der Waals surface area contributed by atoms with Gasteiger partial charge in [0, 0.05) is 29.9 Å². The van der Waals surface area contributed by atoms with Gasteiger partial charge in [-0.05, 0) is 55.8 Å². The molecule has 3 aromatic rings. The average molecular weight is 535 g/mol. The smallest absolute Gasteiger partial charge is 0.417 e. The molecule has 0 bridgehead atoms. The van der Waals surface area contributed by atoms with E-state index < -0.39 is 23.5 Å². The molecule has 9 nitrogen and oxygen atoms in total. The normalized spacial score (nSPS) is 12.9. The second-order valence-electron chi connectivity index (χ2n) is 8.61. The first-order chi connectivity index (χ1) is 16.1. The molecule has 11 heteroatoms. The van der Waals surface area contributed by atoms with Gasteiger partial charge in [0.15, 0.2) is 11.3 Å². The number of hydrogen-bond donors (Lipinski definition) is 0. The van der Waals surface area contributed by atoms with Gasteiger partial charge >= 0.3 is 12.1 Å². The minimum atomic E-state index is -0.810. The number of aromatic nitrogens is 3. The standard InChI is InChI=1S/C23H24BrFN4O5/c1-5-32-20(30)17-12-28-19(27-17)15(24)10-26-21(28)29(22(31)34-23(2,3)4)11-14-13-8-9-33-18(13)7-6-16(14)25/h6-7,10,12H,5,8-9,11H2,1-4H3. The molecule has 0 N–H and O–H groups in total. The van der Waals surface area contributed by atoms with Crippen LogP contribution in [0.1, 0.15) is 49.3 Å². The first kappa shape index (κ1) is 23.9. The van der Waals surface area contributed by atoms with Gasteiger partial charge in [-0.2, -0.15) is 0 Å². The number of imidazole rings is 1. The summed E-state index contributed by atoms with van der Waals surface area (Å²) in [6.07, 6.45) is 2.67. The van der Waals surface area contributed by atoms with Gasteiger partial charge in [-0.1, -0.05) is 0 Å². The van der Waals surface area contributed by atoms with Gasteiger partial charge in [0.2, 0.25) is 5.95 Å². The van der Waals surface area contributed by atoms with E-state index in [1.165, 1.54) is 27.8 Å². The van der Waals surface area contributed by atoms with Crippen molar-refractivity contribution in [1.29, 1.82) is 0 Å². The number of nitrogens with zero attached hydrogens (tertiary/aromatic N) is 4. The highest BCUT2D eigenvalue weighted by Gasteiger charge is 2.30. The molecule has 1 amide bonds. The molecule has 2 aromatic heterocycles. The molecule has 3 heterocycles. The number of fused-ring (bicyclic) bond motifs is 2. The van der Waals surface area contributed by atoms with E-state index in [0.29, 0.717) is 40.0 Å². The van der Waals surface area contributed by atoms with Crippen LogP contribution < -0.4 is 9.64 Å². The first-order valence-electron chi connectivity index (χ1n) is 10.7. The van der Waals surface area contributed by atoms with Gasteiger partial charge in [0.05, 0.1) is 24.2 Å². The third-order valence-corrected chi connectivity index (χ3v) is 5.58. The Hall–Kier alpha value is -3.21. The van der Waals surface area contributed by atoms with E-state index in [1.807, 2.05) is 0 Å². The van der Waals surface area contributed by atoms with Crippen molar-refractivity contribution in [2.75, 3.05) is 18.1 Å². The van der Waals surface area contributed by atoms with Crippen LogP contribution in [0.2, 0.25) is 0 Å². The lowest BCUT2D eigenvalue weighted by Gasteiger charge is -2.27. The molecule has 1 aliphatic rings. The van der Waals surface area contributed by atoms with Gasteiger partial charge in [-0.25, -0.2) is 28.8 Å². The number of amides is 1. The van der Waals surface area contributed by atoms with Crippen molar-refractivity contribution in [3.63, 3.8) is 0 Å². The lowest BCUT2D eigenvalue weighted by Crippen LogP contribution is -2.38. The van der Waals surface area contributed by atoms with Crippen LogP contribution in [-0.2, 0) is 22.4 Å². The number of rotatable bonds is 5. The molecule has 0 radical (unpaired) electrons. The van der Waals surface area contributed by atoms with Crippen LogP contribution in [0.25, 0.3) is 5.65 Å². The van der Waals surface area contributed by atoms with E-state index in [4.69, 9.17) is 14.2 Å². The number of carbonyl (C=O) groups is 2. The van der Waals surface area contributed by atoms with Gasteiger partial charge in [0.1, 0.15) is 17.2 Å². The molecule has 180 valence electrons. The number of anilines is 1. The lowest BCUT2D eigenvalue weighted by molar-refractivity contribution is 0.0519. The Morgan fingerprint density at radius 3 is 2.79 bits per heavy atom. The second-order valence-corrected chi connectivity index (χ2v) is 9.47. The molecule has 1 aromatic carbocycles. The fourth-order valence-corrected chi connectivity index (χ4v) is 4.00. The predicted molar refractivity (Wildman–Crippen MR) is 125 cm³/mol. The lowest BCUT2D eigenvalue weighted by atomic mass is 10.0. The van der Waals surface area contributed by atoms with E-state index in [9.17, 15) is 14.0 Å². The van der Waals surface area contributed by atoms with E-state index in [-0.39, 0.29) is 24.8 Å². The summed E-state index contributed by atoms with van der Waals surface area (Å²) < 4.78 is 33.2. The minimum absolute atomic E-state index is 0.0427. The Bertz CT molecular complexity index is 1270. The van der Waals surface area contributed by atoms with E-state index in [0.717, 1.165) is 0 Å². The van der Waals surface area contributed by atoms with Crippen molar-refractivity contribution in [2.45, 2.75) is 46.3 Å². The molecule has 0 saturated carbocycles. The van der Waals surface area contributed by atoms with Gasteiger partial charge < -0.3 is 14.2 Å². The van der Waals surface area contributed by atoms with Crippen molar-refractivity contribution in [3.8, 4) is 5.75 Å². The first-order valence-corrected chi connectivity index (χ1v) is 11.5. The highest BCUT2D eigenvalue weighted by molar-refractivity contribution is 9.10. The molecule has 0 saturated heterocycles. The third-order valence-electron chi connectivity index (χ3n) is 5.03.